The number of aromatic amines is 1. The molecule has 1 aromatic heterocycles. The van der Waals surface area contributed by atoms with E-state index in [4.69, 9.17) is 11.6 Å². The van der Waals surface area contributed by atoms with Gasteiger partial charge in [-0.2, -0.15) is 0 Å². The van der Waals surface area contributed by atoms with Crippen LogP contribution >= 0.6 is 11.6 Å². The number of fused-ring (bicyclic) bond motifs is 1. The summed E-state index contributed by atoms with van der Waals surface area (Å²) in [6, 6.07) is 15.5. The van der Waals surface area contributed by atoms with Gasteiger partial charge in [-0.3, -0.25) is 9.59 Å². The van der Waals surface area contributed by atoms with Crippen LogP contribution in [0.15, 0.2) is 54.6 Å². The van der Waals surface area contributed by atoms with E-state index < -0.39 is 30.1 Å². The first-order chi connectivity index (χ1) is 15.4. The van der Waals surface area contributed by atoms with E-state index in [1.807, 2.05) is 30.3 Å². The van der Waals surface area contributed by atoms with Crippen molar-refractivity contribution >= 4 is 34.3 Å². The van der Waals surface area contributed by atoms with Crippen molar-refractivity contribution in [3.8, 4) is 0 Å². The number of H-pyrrole nitrogens is 1. The lowest BCUT2D eigenvalue weighted by Gasteiger charge is -2.33. The van der Waals surface area contributed by atoms with Gasteiger partial charge >= 0.3 is 0 Å². The third-order valence-electron chi connectivity index (χ3n) is 5.78. The molecule has 2 aromatic carbocycles. The monoisotopic (exact) mass is 455 g/mol. The van der Waals surface area contributed by atoms with E-state index in [9.17, 15) is 19.8 Å². The van der Waals surface area contributed by atoms with Gasteiger partial charge in [0.25, 0.3) is 11.8 Å². The third kappa shape index (κ3) is 5.12. The van der Waals surface area contributed by atoms with Crippen molar-refractivity contribution in [1.29, 1.82) is 0 Å². The van der Waals surface area contributed by atoms with Crippen LogP contribution in [0.1, 0.15) is 28.9 Å². The van der Waals surface area contributed by atoms with Crippen molar-refractivity contribution in [2.75, 3.05) is 13.1 Å². The Morgan fingerprint density at radius 2 is 1.97 bits per heavy atom. The molecule has 4 N–H and O–H groups in total. The summed E-state index contributed by atoms with van der Waals surface area (Å²) in [7, 11) is 0. The van der Waals surface area contributed by atoms with Crippen LogP contribution in [-0.2, 0) is 11.2 Å². The average Bonchev–Trinajstić information content (AvgIpc) is 3.21. The Morgan fingerprint density at radius 3 is 2.72 bits per heavy atom. The van der Waals surface area contributed by atoms with Gasteiger partial charge in [-0.05, 0) is 49.1 Å². The van der Waals surface area contributed by atoms with E-state index in [1.54, 1.807) is 24.3 Å². The fourth-order valence-electron chi connectivity index (χ4n) is 4.10. The molecule has 1 aliphatic heterocycles. The van der Waals surface area contributed by atoms with E-state index in [0.717, 1.165) is 16.5 Å². The second-order valence-electron chi connectivity index (χ2n) is 8.21. The molecule has 168 valence electrons. The molecule has 7 nitrogen and oxygen atoms in total. The van der Waals surface area contributed by atoms with Gasteiger partial charge in [0, 0.05) is 29.0 Å². The van der Waals surface area contributed by atoms with E-state index in [1.165, 1.54) is 4.90 Å². The molecule has 8 heteroatoms. The van der Waals surface area contributed by atoms with Crippen molar-refractivity contribution in [2.24, 2.45) is 0 Å². The lowest BCUT2D eigenvalue weighted by molar-refractivity contribution is -0.144. The summed E-state index contributed by atoms with van der Waals surface area (Å²) in [5.41, 5.74) is 1.96. The molecule has 1 aliphatic rings. The van der Waals surface area contributed by atoms with Gasteiger partial charge in [-0.1, -0.05) is 41.9 Å². The van der Waals surface area contributed by atoms with Gasteiger partial charge in [-0.15, -0.1) is 0 Å². The molecule has 0 saturated carbocycles. The number of hydrogen-bond donors (Lipinski definition) is 4. The van der Waals surface area contributed by atoms with Crippen molar-refractivity contribution in [2.45, 2.75) is 37.5 Å². The number of nitrogens with zero attached hydrogens (tertiary/aromatic N) is 1. The number of hydrogen-bond acceptors (Lipinski definition) is 4. The second kappa shape index (κ2) is 9.73. The minimum atomic E-state index is -1.44. The molecule has 32 heavy (non-hydrogen) atoms. The van der Waals surface area contributed by atoms with E-state index in [-0.39, 0.29) is 13.0 Å². The molecule has 1 unspecified atom stereocenters. The molecule has 0 bridgehead atoms. The predicted octanol–water partition coefficient (Wildman–Crippen LogP) is 2.51. The molecule has 0 radical (unpaired) electrons. The highest BCUT2D eigenvalue weighted by molar-refractivity contribution is 6.31. The number of halogens is 1. The molecule has 3 aromatic rings. The highest BCUT2D eigenvalue weighted by atomic mass is 35.5. The first kappa shape index (κ1) is 22.3. The highest BCUT2D eigenvalue weighted by Crippen LogP contribution is 2.21. The lowest BCUT2D eigenvalue weighted by Crippen LogP contribution is -2.55. The zero-order valence-corrected chi connectivity index (χ0v) is 18.3. The van der Waals surface area contributed by atoms with Gasteiger partial charge < -0.3 is 25.4 Å². The number of aliphatic hydroxyl groups is 2. The van der Waals surface area contributed by atoms with Gasteiger partial charge in [0.15, 0.2) is 6.10 Å². The largest absolute Gasteiger partial charge is 0.391 e. The Bertz CT molecular complexity index is 1100. The van der Waals surface area contributed by atoms with Gasteiger partial charge in [0.1, 0.15) is 5.69 Å². The van der Waals surface area contributed by atoms with Crippen LogP contribution in [0.25, 0.3) is 10.9 Å². The lowest BCUT2D eigenvalue weighted by atomic mass is 9.99. The molecule has 3 atom stereocenters. The summed E-state index contributed by atoms with van der Waals surface area (Å²) in [5.74, 6) is -0.919. The number of likely N-dealkylation sites (tertiary alicyclic amines) is 1. The van der Waals surface area contributed by atoms with Crippen molar-refractivity contribution in [1.82, 2.24) is 15.2 Å². The van der Waals surface area contributed by atoms with Gasteiger partial charge in [0.05, 0.1) is 12.1 Å². The molecular formula is C24H26ClN3O4. The first-order valence-electron chi connectivity index (χ1n) is 10.7. The molecule has 2 heterocycles. The summed E-state index contributed by atoms with van der Waals surface area (Å²) < 4.78 is 0. The Balaban J connectivity index is 1.55. The number of benzene rings is 2. The van der Waals surface area contributed by atoms with Gasteiger partial charge in [0.2, 0.25) is 0 Å². The number of β-amino-alcohol motifs (C(OH)–C–C–N with tert-alkyl or cyclic N) is 1. The van der Waals surface area contributed by atoms with Crippen LogP contribution < -0.4 is 5.32 Å². The molecule has 0 aliphatic carbocycles. The highest BCUT2D eigenvalue weighted by Gasteiger charge is 2.33. The number of carbonyl (C=O) groups is 2. The fraction of sp³-hybridized carbons (Fsp3) is 0.333. The summed E-state index contributed by atoms with van der Waals surface area (Å²) in [6.07, 6.45) is -0.452. The summed E-state index contributed by atoms with van der Waals surface area (Å²) in [6.45, 7) is 0.659. The Hall–Kier alpha value is -2.87. The smallest absolute Gasteiger partial charge is 0.268 e. The summed E-state index contributed by atoms with van der Waals surface area (Å²) in [5, 5.41) is 25.0. The maximum atomic E-state index is 13.0. The van der Waals surface area contributed by atoms with Crippen LogP contribution in [0.2, 0.25) is 5.02 Å². The Labute approximate surface area is 191 Å². The van der Waals surface area contributed by atoms with Crippen LogP contribution in [0.4, 0.5) is 0 Å². The number of aromatic nitrogens is 1. The number of aliphatic hydroxyl groups excluding tert-OH is 2. The topological polar surface area (TPSA) is 106 Å². The quantitative estimate of drug-likeness (QED) is 0.458. The number of piperidine rings is 1. The maximum absolute atomic E-state index is 13.0. The summed E-state index contributed by atoms with van der Waals surface area (Å²) in [4.78, 5) is 30.5. The Morgan fingerprint density at radius 1 is 1.19 bits per heavy atom. The van der Waals surface area contributed by atoms with Crippen LogP contribution in [0.3, 0.4) is 0 Å². The zero-order chi connectivity index (χ0) is 22.7. The summed E-state index contributed by atoms with van der Waals surface area (Å²) >= 11 is 6.04. The standard InChI is InChI=1S/C24H26ClN3O4/c25-17-8-9-19-16(12-17)13-21(26-19)23(31)27-20(11-15-5-2-1-3-6-15)22(30)24(32)28-10-4-7-18(29)14-28/h1-3,5-6,8-9,12-13,18,20,22,26,29-30H,4,7,10-11,14H2,(H,27,31)/t18?,20-,22+/m0/s1. The molecule has 4 rings (SSSR count). The van der Waals surface area contributed by atoms with Crippen molar-refractivity contribution in [3.63, 3.8) is 0 Å². The normalized spacial score (nSPS) is 18.3. The maximum Gasteiger partial charge on any atom is 0.268 e. The minimum absolute atomic E-state index is 0.185. The van der Waals surface area contributed by atoms with Crippen LogP contribution in [0.5, 0.6) is 0 Å². The first-order valence-corrected chi connectivity index (χ1v) is 11.1. The fourth-order valence-corrected chi connectivity index (χ4v) is 4.28. The van der Waals surface area contributed by atoms with Crippen molar-refractivity contribution in [3.05, 3.63) is 70.9 Å². The number of rotatable bonds is 6. The molecule has 1 saturated heterocycles. The minimum Gasteiger partial charge on any atom is -0.391 e. The van der Waals surface area contributed by atoms with Crippen molar-refractivity contribution < 1.29 is 19.8 Å². The van der Waals surface area contributed by atoms with E-state index in [0.29, 0.717) is 30.1 Å². The van der Waals surface area contributed by atoms with E-state index in [2.05, 4.69) is 10.3 Å². The average molecular weight is 456 g/mol. The molecule has 2 amide bonds. The SMILES string of the molecule is O=C(N[C@@H](Cc1ccccc1)[C@@H](O)C(=O)N1CCCC(O)C1)c1cc2cc(Cl)ccc2[nH]1. The van der Waals surface area contributed by atoms with Gasteiger partial charge in [-0.25, -0.2) is 0 Å². The number of nitrogens with one attached hydrogen (secondary N) is 2. The Kier molecular flexibility index (Phi) is 6.79. The van der Waals surface area contributed by atoms with Crippen LogP contribution in [-0.4, -0.2) is 63.3 Å². The molecule has 1 fully saturated rings. The molecular weight excluding hydrogens is 430 g/mol. The van der Waals surface area contributed by atoms with E-state index >= 15 is 0 Å². The number of carbonyl (C=O) groups excluding carboxylic acids is 2. The molecule has 0 spiro atoms. The number of amides is 2. The van der Waals surface area contributed by atoms with Crippen LogP contribution in [0, 0.1) is 0 Å². The second-order valence-corrected chi connectivity index (χ2v) is 8.65. The third-order valence-corrected chi connectivity index (χ3v) is 6.02. The predicted molar refractivity (Wildman–Crippen MR) is 123 cm³/mol. The zero-order valence-electron chi connectivity index (χ0n) is 17.5.